The van der Waals surface area contributed by atoms with Gasteiger partial charge in [0, 0.05) is 31.4 Å². The molecule has 0 spiro atoms. The van der Waals surface area contributed by atoms with Crippen LogP contribution in [0.5, 0.6) is 17.2 Å². The lowest BCUT2D eigenvalue weighted by molar-refractivity contribution is 0.206. The number of fused-ring (bicyclic) bond motifs is 1. The van der Waals surface area contributed by atoms with E-state index in [2.05, 4.69) is 10.6 Å². The Labute approximate surface area is 153 Å². The molecule has 2 saturated heterocycles. The molecule has 0 bridgehead atoms. The number of likely N-dealkylation sites (tertiary alicyclic amines) is 1. The number of methoxy groups -OCH3 is 1. The van der Waals surface area contributed by atoms with E-state index in [0.717, 1.165) is 31.7 Å². The highest BCUT2D eigenvalue weighted by Gasteiger charge is 2.39. The minimum absolute atomic E-state index is 0.0282. The number of amides is 2. The van der Waals surface area contributed by atoms with E-state index in [1.165, 1.54) is 0 Å². The number of rotatable bonds is 4. The number of hydrogen-bond donors (Lipinski definition) is 2. The Morgan fingerprint density at radius 2 is 1.88 bits per heavy atom. The van der Waals surface area contributed by atoms with Crippen molar-refractivity contribution in [1.82, 2.24) is 10.2 Å². The van der Waals surface area contributed by atoms with Crippen molar-refractivity contribution >= 4 is 11.7 Å². The summed E-state index contributed by atoms with van der Waals surface area (Å²) in [6, 6.07) is 15.2. The first-order chi connectivity index (χ1) is 12.7. The highest BCUT2D eigenvalue weighted by molar-refractivity contribution is 5.89. The molecule has 0 radical (unpaired) electrons. The number of ether oxygens (including phenoxy) is 2. The van der Waals surface area contributed by atoms with E-state index in [1.807, 2.05) is 53.4 Å². The summed E-state index contributed by atoms with van der Waals surface area (Å²) in [5.74, 6) is 2.62. The van der Waals surface area contributed by atoms with Crippen LogP contribution in [0.4, 0.5) is 10.5 Å². The van der Waals surface area contributed by atoms with Crippen LogP contribution in [0, 0.1) is 5.92 Å². The second-order valence-corrected chi connectivity index (χ2v) is 6.68. The van der Waals surface area contributed by atoms with Crippen LogP contribution in [0.25, 0.3) is 0 Å². The van der Waals surface area contributed by atoms with Gasteiger partial charge in [0.05, 0.1) is 7.11 Å². The lowest BCUT2D eigenvalue weighted by atomic mass is 10.1. The summed E-state index contributed by atoms with van der Waals surface area (Å²) in [5, 5.41) is 6.35. The number of benzene rings is 2. The molecular formula is C20H23N3O3. The molecule has 136 valence electrons. The predicted molar refractivity (Wildman–Crippen MR) is 100.0 cm³/mol. The molecule has 2 N–H and O–H groups in total. The molecule has 0 aliphatic carbocycles. The van der Waals surface area contributed by atoms with E-state index in [9.17, 15) is 4.79 Å². The van der Waals surface area contributed by atoms with Gasteiger partial charge in [-0.15, -0.1) is 0 Å². The van der Waals surface area contributed by atoms with Crippen LogP contribution in [-0.4, -0.2) is 43.7 Å². The van der Waals surface area contributed by atoms with E-state index in [1.54, 1.807) is 7.11 Å². The minimum Gasteiger partial charge on any atom is -0.493 e. The van der Waals surface area contributed by atoms with E-state index >= 15 is 0 Å². The maximum atomic E-state index is 12.6. The fraction of sp³-hybridized carbons (Fsp3) is 0.350. The first kappa shape index (κ1) is 16.7. The Morgan fingerprint density at radius 3 is 2.65 bits per heavy atom. The summed E-state index contributed by atoms with van der Waals surface area (Å²) < 4.78 is 11.2. The molecule has 0 aromatic heterocycles. The molecule has 2 aliphatic rings. The molecule has 2 heterocycles. The summed E-state index contributed by atoms with van der Waals surface area (Å²) in [4.78, 5) is 14.5. The quantitative estimate of drug-likeness (QED) is 0.885. The van der Waals surface area contributed by atoms with E-state index in [-0.39, 0.29) is 6.03 Å². The van der Waals surface area contributed by atoms with Crippen LogP contribution in [0.2, 0.25) is 0 Å². The van der Waals surface area contributed by atoms with E-state index < -0.39 is 0 Å². The van der Waals surface area contributed by atoms with Gasteiger partial charge in [0.2, 0.25) is 0 Å². The molecule has 2 amide bonds. The largest absolute Gasteiger partial charge is 0.493 e. The van der Waals surface area contributed by atoms with Crippen LogP contribution in [0.15, 0.2) is 48.5 Å². The lowest BCUT2D eigenvalue weighted by Gasteiger charge is -2.23. The number of nitrogens with zero attached hydrogens (tertiary/aromatic N) is 1. The Hall–Kier alpha value is -2.73. The maximum Gasteiger partial charge on any atom is 0.322 e. The van der Waals surface area contributed by atoms with Gasteiger partial charge in [-0.25, -0.2) is 4.79 Å². The van der Waals surface area contributed by atoms with Crippen molar-refractivity contribution in [2.45, 2.75) is 12.5 Å². The fourth-order valence-corrected chi connectivity index (χ4v) is 3.73. The number of carbonyl (C=O) groups excluding carboxylic acids is 1. The average Bonchev–Trinajstić information content (AvgIpc) is 3.27. The van der Waals surface area contributed by atoms with Crippen molar-refractivity contribution in [3.8, 4) is 17.2 Å². The minimum atomic E-state index is -0.0282. The number of nitrogens with one attached hydrogen (secondary N) is 2. The lowest BCUT2D eigenvalue weighted by Crippen LogP contribution is -2.41. The summed E-state index contributed by atoms with van der Waals surface area (Å²) in [7, 11) is 1.61. The van der Waals surface area contributed by atoms with Gasteiger partial charge < -0.3 is 25.0 Å². The van der Waals surface area contributed by atoms with Gasteiger partial charge in [-0.2, -0.15) is 0 Å². The Balaban J connectivity index is 1.39. The summed E-state index contributed by atoms with van der Waals surface area (Å²) in [6.07, 6.45) is 1.08. The molecule has 2 unspecified atom stereocenters. The van der Waals surface area contributed by atoms with Crippen molar-refractivity contribution in [2.75, 3.05) is 32.1 Å². The normalized spacial score (nSPS) is 21.3. The molecular weight excluding hydrogens is 330 g/mol. The molecule has 0 saturated carbocycles. The number of para-hydroxylation sites is 2. The zero-order valence-electron chi connectivity index (χ0n) is 14.8. The van der Waals surface area contributed by atoms with Crippen molar-refractivity contribution < 1.29 is 14.3 Å². The first-order valence-corrected chi connectivity index (χ1v) is 8.94. The van der Waals surface area contributed by atoms with Crippen LogP contribution >= 0.6 is 0 Å². The molecule has 2 aromatic rings. The maximum absolute atomic E-state index is 12.6. The zero-order chi connectivity index (χ0) is 17.9. The molecule has 2 atom stereocenters. The zero-order valence-corrected chi connectivity index (χ0v) is 14.8. The molecule has 26 heavy (non-hydrogen) atoms. The molecule has 4 rings (SSSR count). The van der Waals surface area contributed by atoms with Gasteiger partial charge in [-0.1, -0.05) is 12.1 Å². The van der Waals surface area contributed by atoms with E-state index in [4.69, 9.17) is 9.47 Å². The van der Waals surface area contributed by atoms with Crippen molar-refractivity contribution in [2.24, 2.45) is 5.92 Å². The average molecular weight is 353 g/mol. The van der Waals surface area contributed by atoms with Gasteiger partial charge in [0.1, 0.15) is 5.75 Å². The van der Waals surface area contributed by atoms with Crippen LogP contribution in [0.3, 0.4) is 0 Å². The van der Waals surface area contributed by atoms with Gasteiger partial charge in [0.15, 0.2) is 11.5 Å². The molecule has 6 nitrogen and oxygen atoms in total. The number of anilines is 1. The molecule has 6 heteroatoms. The second-order valence-electron chi connectivity index (χ2n) is 6.68. The standard InChI is InChI=1S/C20H23N3O3/c1-25-18-4-2-3-5-19(18)26-16-8-6-15(7-9-16)22-20(24)23-11-10-14-12-21-13-17(14)23/h2-9,14,17,21H,10-13H2,1H3,(H,22,24). The van der Waals surface area contributed by atoms with Gasteiger partial charge in [-0.05, 0) is 48.7 Å². The number of carbonyl (C=O) groups is 1. The monoisotopic (exact) mass is 353 g/mol. The van der Waals surface area contributed by atoms with Gasteiger partial charge in [0.25, 0.3) is 0 Å². The molecule has 2 fully saturated rings. The van der Waals surface area contributed by atoms with Crippen LogP contribution < -0.4 is 20.1 Å². The van der Waals surface area contributed by atoms with Crippen LogP contribution in [0.1, 0.15) is 6.42 Å². The smallest absolute Gasteiger partial charge is 0.322 e. The summed E-state index contributed by atoms with van der Waals surface area (Å²) in [6.45, 7) is 2.74. The topological polar surface area (TPSA) is 62.8 Å². The molecule has 2 aromatic carbocycles. The third-order valence-electron chi connectivity index (χ3n) is 5.11. The van der Waals surface area contributed by atoms with Crippen molar-refractivity contribution in [3.05, 3.63) is 48.5 Å². The van der Waals surface area contributed by atoms with E-state index in [0.29, 0.717) is 29.2 Å². The third kappa shape index (κ3) is 3.32. The highest BCUT2D eigenvalue weighted by atomic mass is 16.5. The third-order valence-corrected chi connectivity index (χ3v) is 5.11. The highest BCUT2D eigenvalue weighted by Crippen LogP contribution is 2.32. The Bertz CT molecular complexity index is 778. The fourth-order valence-electron chi connectivity index (χ4n) is 3.73. The van der Waals surface area contributed by atoms with Gasteiger partial charge >= 0.3 is 6.03 Å². The Morgan fingerprint density at radius 1 is 1.12 bits per heavy atom. The summed E-state index contributed by atoms with van der Waals surface area (Å²) >= 11 is 0. The first-order valence-electron chi connectivity index (χ1n) is 8.94. The number of urea groups is 1. The molecule has 2 aliphatic heterocycles. The van der Waals surface area contributed by atoms with Crippen molar-refractivity contribution in [3.63, 3.8) is 0 Å². The van der Waals surface area contributed by atoms with Gasteiger partial charge in [-0.3, -0.25) is 0 Å². The predicted octanol–water partition coefficient (Wildman–Crippen LogP) is 3.31. The Kier molecular flexibility index (Phi) is 4.67. The van der Waals surface area contributed by atoms with Crippen molar-refractivity contribution in [1.29, 1.82) is 0 Å². The second kappa shape index (κ2) is 7.25. The SMILES string of the molecule is COc1ccccc1Oc1ccc(NC(=O)N2CCC3CNCC32)cc1. The number of hydrogen-bond acceptors (Lipinski definition) is 4. The van der Waals surface area contributed by atoms with Crippen LogP contribution in [-0.2, 0) is 0 Å². The summed E-state index contributed by atoms with van der Waals surface area (Å²) in [5.41, 5.74) is 0.761.